The summed E-state index contributed by atoms with van der Waals surface area (Å²) in [6.45, 7) is 0. The van der Waals surface area contributed by atoms with Gasteiger partial charge in [-0.25, -0.2) is 9.18 Å². The number of aromatic amines is 1. The summed E-state index contributed by atoms with van der Waals surface area (Å²) >= 11 is 0. The Hall–Kier alpha value is -2.10. The van der Waals surface area contributed by atoms with Crippen LogP contribution in [0.25, 0.3) is 0 Å². The van der Waals surface area contributed by atoms with Crippen molar-refractivity contribution in [1.29, 1.82) is 0 Å². The van der Waals surface area contributed by atoms with Crippen LogP contribution in [0.15, 0.2) is 36.5 Å². The number of nitrogens with one attached hydrogen (secondary N) is 1. The molecule has 0 saturated carbocycles. The van der Waals surface area contributed by atoms with E-state index in [2.05, 4.69) is 4.98 Å². The van der Waals surface area contributed by atoms with E-state index in [4.69, 9.17) is 5.11 Å². The minimum Gasteiger partial charge on any atom is -0.477 e. The van der Waals surface area contributed by atoms with E-state index >= 15 is 0 Å². The predicted octanol–water partition coefficient (Wildman–Crippen LogP) is 2.64. The molecule has 0 fully saturated rings. The number of aryl methyl sites for hydroxylation is 2. The molecule has 0 atom stereocenters. The highest BCUT2D eigenvalue weighted by atomic mass is 19.1. The van der Waals surface area contributed by atoms with Crippen LogP contribution in [0.5, 0.6) is 0 Å². The zero-order chi connectivity index (χ0) is 12.3. The third-order valence-electron chi connectivity index (χ3n) is 2.59. The standard InChI is InChI=1S/C13H12FNO2/c14-11-5-3-9(4-6-11)1-2-10-7-12(13(16)17)15-8-10/h3-8,15H,1-2H2,(H,16,17). The van der Waals surface area contributed by atoms with Gasteiger partial charge in [-0.1, -0.05) is 12.1 Å². The lowest BCUT2D eigenvalue weighted by molar-refractivity contribution is 0.0691. The normalized spacial score (nSPS) is 10.4. The van der Waals surface area contributed by atoms with Gasteiger partial charge >= 0.3 is 5.97 Å². The molecule has 3 nitrogen and oxygen atoms in total. The highest BCUT2D eigenvalue weighted by molar-refractivity contribution is 5.85. The summed E-state index contributed by atoms with van der Waals surface area (Å²) in [5.74, 6) is -1.21. The molecular formula is C13H12FNO2. The first-order valence-corrected chi connectivity index (χ1v) is 5.30. The topological polar surface area (TPSA) is 53.1 Å². The predicted molar refractivity (Wildman–Crippen MR) is 61.6 cm³/mol. The minimum atomic E-state index is -0.960. The summed E-state index contributed by atoms with van der Waals surface area (Å²) in [7, 11) is 0. The van der Waals surface area contributed by atoms with Gasteiger partial charge in [0.2, 0.25) is 0 Å². The van der Waals surface area contributed by atoms with Crippen LogP contribution in [0.1, 0.15) is 21.6 Å². The summed E-state index contributed by atoms with van der Waals surface area (Å²) in [5, 5.41) is 8.74. The summed E-state index contributed by atoms with van der Waals surface area (Å²) in [6.07, 6.45) is 3.18. The molecule has 0 radical (unpaired) electrons. The Morgan fingerprint density at radius 3 is 2.41 bits per heavy atom. The van der Waals surface area contributed by atoms with Gasteiger partial charge in [0.15, 0.2) is 0 Å². The lowest BCUT2D eigenvalue weighted by Crippen LogP contribution is -1.95. The van der Waals surface area contributed by atoms with Gasteiger partial charge in [0, 0.05) is 6.20 Å². The Kier molecular flexibility index (Phi) is 3.23. The van der Waals surface area contributed by atoms with E-state index in [1.165, 1.54) is 12.1 Å². The maximum atomic E-state index is 12.7. The smallest absolute Gasteiger partial charge is 0.352 e. The second-order valence-electron chi connectivity index (χ2n) is 3.85. The molecular weight excluding hydrogens is 221 g/mol. The fourth-order valence-electron chi connectivity index (χ4n) is 1.65. The van der Waals surface area contributed by atoms with E-state index in [-0.39, 0.29) is 11.5 Å². The molecule has 17 heavy (non-hydrogen) atoms. The first-order valence-electron chi connectivity index (χ1n) is 5.30. The molecule has 0 aliphatic carbocycles. The van der Waals surface area contributed by atoms with E-state index in [0.29, 0.717) is 0 Å². The molecule has 0 saturated heterocycles. The monoisotopic (exact) mass is 233 g/mol. The van der Waals surface area contributed by atoms with Crippen LogP contribution < -0.4 is 0 Å². The SMILES string of the molecule is O=C(O)c1cc(CCc2ccc(F)cc2)c[nH]1. The Bertz CT molecular complexity index is 516. The van der Waals surface area contributed by atoms with Gasteiger partial charge in [-0.15, -0.1) is 0 Å². The highest BCUT2D eigenvalue weighted by Gasteiger charge is 2.05. The third-order valence-corrected chi connectivity index (χ3v) is 2.59. The van der Waals surface area contributed by atoms with Crippen molar-refractivity contribution in [3.05, 3.63) is 59.2 Å². The average Bonchev–Trinajstić information content (AvgIpc) is 2.77. The lowest BCUT2D eigenvalue weighted by Gasteiger charge is -1.99. The average molecular weight is 233 g/mol. The Morgan fingerprint density at radius 1 is 1.18 bits per heavy atom. The van der Waals surface area contributed by atoms with Crippen LogP contribution >= 0.6 is 0 Å². The lowest BCUT2D eigenvalue weighted by atomic mass is 10.1. The van der Waals surface area contributed by atoms with Gasteiger partial charge in [-0.05, 0) is 42.2 Å². The van der Waals surface area contributed by atoms with E-state index in [1.54, 1.807) is 24.4 Å². The van der Waals surface area contributed by atoms with Crippen LogP contribution in [-0.2, 0) is 12.8 Å². The number of aromatic carboxylic acids is 1. The Balaban J connectivity index is 1.97. The third kappa shape index (κ3) is 2.93. The fourth-order valence-corrected chi connectivity index (χ4v) is 1.65. The van der Waals surface area contributed by atoms with Crippen molar-refractivity contribution < 1.29 is 14.3 Å². The van der Waals surface area contributed by atoms with E-state index < -0.39 is 5.97 Å². The maximum absolute atomic E-state index is 12.7. The first-order chi connectivity index (χ1) is 8.15. The summed E-state index contributed by atoms with van der Waals surface area (Å²) in [4.78, 5) is 13.3. The van der Waals surface area contributed by atoms with Gasteiger partial charge in [-0.2, -0.15) is 0 Å². The molecule has 0 aliphatic heterocycles. The number of carboxylic acids is 1. The molecule has 2 aromatic rings. The molecule has 88 valence electrons. The van der Waals surface area contributed by atoms with Crippen molar-refractivity contribution in [2.24, 2.45) is 0 Å². The molecule has 0 unspecified atom stereocenters. The molecule has 0 spiro atoms. The van der Waals surface area contributed by atoms with Crippen LogP contribution in [0.4, 0.5) is 4.39 Å². The Morgan fingerprint density at radius 2 is 1.82 bits per heavy atom. The molecule has 2 N–H and O–H groups in total. The zero-order valence-corrected chi connectivity index (χ0v) is 9.11. The number of hydrogen-bond donors (Lipinski definition) is 2. The van der Waals surface area contributed by atoms with Gasteiger partial charge in [-0.3, -0.25) is 0 Å². The van der Waals surface area contributed by atoms with Crippen molar-refractivity contribution in [2.75, 3.05) is 0 Å². The van der Waals surface area contributed by atoms with Gasteiger partial charge < -0.3 is 10.1 Å². The largest absolute Gasteiger partial charge is 0.477 e. The van der Waals surface area contributed by atoms with Crippen LogP contribution in [0, 0.1) is 5.82 Å². The van der Waals surface area contributed by atoms with E-state index in [9.17, 15) is 9.18 Å². The van der Waals surface area contributed by atoms with Crippen molar-refractivity contribution in [2.45, 2.75) is 12.8 Å². The number of carboxylic acid groups (broad SMARTS) is 1. The summed E-state index contributed by atoms with van der Waals surface area (Å²) < 4.78 is 12.7. The number of carbonyl (C=O) groups is 1. The summed E-state index contributed by atoms with van der Waals surface area (Å²) in [5.41, 5.74) is 2.16. The number of benzene rings is 1. The highest BCUT2D eigenvalue weighted by Crippen LogP contribution is 2.10. The molecule has 1 aromatic carbocycles. The molecule has 1 heterocycles. The van der Waals surface area contributed by atoms with Gasteiger partial charge in [0.1, 0.15) is 11.5 Å². The number of aromatic nitrogens is 1. The molecule has 2 rings (SSSR count). The molecule has 0 amide bonds. The van der Waals surface area contributed by atoms with Gasteiger partial charge in [0.05, 0.1) is 0 Å². The quantitative estimate of drug-likeness (QED) is 0.852. The molecule has 4 heteroatoms. The van der Waals surface area contributed by atoms with Crippen molar-refractivity contribution in [3.8, 4) is 0 Å². The minimum absolute atomic E-state index is 0.194. The number of hydrogen-bond acceptors (Lipinski definition) is 1. The van der Waals surface area contributed by atoms with E-state index in [0.717, 1.165) is 24.0 Å². The van der Waals surface area contributed by atoms with Crippen molar-refractivity contribution >= 4 is 5.97 Å². The fraction of sp³-hybridized carbons (Fsp3) is 0.154. The number of H-pyrrole nitrogens is 1. The molecule has 1 aromatic heterocycles. The second kappa shape index (κ2) is 4.82. The number of rotatable bonds is 4. The van der Waals surface area contributed by atoms with Crippen LogP contribution in [0.2, 0.25) is 0 Å². The van der Waals surface area contributed by atoms with Crippen LogP contribution in [-0.4, -0.2) is 16.1 Å². The maximum Gasteiger partial charge on any atom is 0.352 e. The summed E-state index contributed by atoms with van der Waals surface area (Å²) in [6, 6.07) is 7.94. The number of halogens is 1. The van der Waals surface area contributed by atoms with Gasteiger partial charge in [0.25, 0.3) is 0 Å². The van der Waals surface area contributed by atoms with Crippen molar-refractivity contribution in [1.82, 2.24) is 4.98 Å². The Labute approximate surface area is 97.9 Å². The molecule has 0 aliphatic rings. The second-order valence-corrected chi connectivity index (χ2v) is 3.85. The first kappa shape index (κ1) is 11.4. The van der Waals surface area contributed by atoms with Crippen LogP contribution in [0.3, 0.4) is 0 Å². The zero-order valence-electron chi connectivity index (χ0n) is 9.11. The molecule has 0 bridgehead atoms. The van der Waals surface area contributed by atoms with E-state index in [1.807, 2.05) is 0 Å². The van der Waals surface area contributed by atoms with Crippen molar-refractivity contribution in [3.63, 3.8) is 0 Å².